The second-order valence-corrected chi connectivity index (χ2v) is 15.6. The molecule has 11 aromatic rings. The van der Waals surface area contributed by atoms with Crippen LogP contribution in [0.2, 0.25) is 0 Å². The van der Waals surface area contributed by atoms with Gasteiger partial charge in [-0.05, 0) is 97.6 Å². The Bertz CT molecular complexity index is 3330. The van der Waals surface area contributed by atoms with Crippen molar-refractivity contribution in [3.05, 3.63) is 249 Å². The normalized spacial score (nSPS) is 11.2. The lowest BCUT2D eigenvalue weighted by Crippen LogP contribution is -2.11. The highest BCUT2D eigenvalue weighted by molar-refractivity contribution is 6.14. The average molecular weight is 792 g/mol. The van der Waals surface area contributed by atoms with Gasteiger partial charge in [-0.1, -0.05) is 212 Å². The Balaban J connectivity index is 1.14. The number of fused-ring (bicyclic) bond motifs is 3. The Kier molecular flexibility index (Phi) is 9.57. The molecule has 2 nitrogen and oxygen atoms in total. The SMILES string of the molecule is c1ccc(-c2ccc(-c3ccccc3N(c3cccc(-c4cccc(-c5ccccc5)c4-c4ccccc4-c4ccccc4)c3)c3cccc4oc5ccccc5c34)cc2)cc1. The van der Waals surface area contributed by atoms with Gasteiger partial charge in [0.25, 0.3) is 0 Å². The maximum Gasteiger partial charge on any atom is 0.137 e. The van der Waals surface area contributed by atoms with E-state index in [1.54, 1.807) is 0 Å². The van der Waals surface area contributed by atoms with Crippen LogP contribution >= 0.6 is 0 Å². The molecule has 0 radical (unpaired) electrons. The van der Waals surface area contributed by atoms with Crippen LogP contribution in [0.4, 0.5) is 17.1 Å². The molecule has 0 spiro atoms. The molecule has 1 heterocycles. The third-order valence-electron chi connectivity index (χ3n) is 11.9. The van der Waals surface area contributed by atoms with Crippen molar-refractivity contribution < 1.29 is 4.42 Å². The third-order valence-corrected chi connectivity index (χ3v) is 11.9. The van der Waals surface area contributed by atoms with Crippen LogP contribution in [-0.2, 0) is 0 Å². The van der Waals surface area contributed by atoms with Gasteiger partial charge in [-0.25, -0.2) is 0 Å². The van der Waals surface area contributed by atoms with E-state index >= 15 is 0 Å². The second-order valence-electron chi connectivity index (χ2n) is 15.6. The van der Waals surface area contributed by atoms with E-state index in [1.165, 1.54) is 44.5 Å². The zero-order valence-electron chi connectivity index (χ0n) is 34.0. The summed E-state index contributed by atoms with van der Waals surface area (Å²) in [7, 11) is 0. The van der Waals surface area contributed by atoms with E-state index in [4.69, 9.17) is 4.42 Å². The van der Waals surface area contributed by atoms with Gasteiger partial charge < -0.3 is 9.32 Å². The van der Waals surface area contributed by atoms with Gasteiger partial charge in [-0.2, -0.15) is 0 Å². The summed E-state index contributed by atoms with van der Waals surface area (Å²) in [5, 5.41) is 2.16. The Morgan fingerprint density at radius 3 is 1.47 bits per heavy atom. The van der Waals surface area contributed by atoms with E-state index in [1.807, 2.05) is 6.07 Å². The minimum absolute atomic E-state index is 0.852. The number of rotatable bonds is 9. The summed E-state index contributed by atoms with van der Waals surface area (Å²) in [6, 6.07) is 89.1. The fourth-order valence-corrected chi connectivity index (χ4v) is 9.06. The van der Waals surface area contributed by atoms with Crippen molar-refractivity contribution >= 4 is 39.0 Å². The summed E-state index contributed by atoms with van der Waals surface area (Å²) in [4.78, 5) is 2.42. The van der Waals surface area contributed by atoms with Crippen molar-refractivity contribution in [2.24, 2.45) is 0 Å². The third kappa shape index (κ3) is 6.74. The van der Waals surface area contributed by atoms with Crippen LogP contribution in [0.25, 0.3) is 88.7 Å². The second kappa shape index (κ2) is 16.1. The number of furan rings is 1. The minimum Gasteiger partial charge on any atom is -0.456 e. The van der Waals surface area contributed by atoms with Crippen molar-refractivity contribution in [2.75, 3.05) is 4.90 Å². The summed E-state index contributed by atoms with van der Waals surface area (Å²) in [6.45, 7) is 0. The highest BCUT2D eigenvalue weighted by Crippen LogP contribution is 2.49. The molecule has 2 heteroatoms. The average Bonchev–Trinajstić information content (AvgIpc) is 3.75. The fraction of sp³-hybridized carbons (Fsp3) is 0. The maximum absolute atomic E-state index is 6.52. The van der Waals surface area contributed by atoms with Crippen molar-refractivity contribution in [1.82, 2.24) is 0 Å². The molecule has 0 aliphatic carbocycles. The van der Waals surface area contributed by atoms with E-state index < -0.39 is 0 Å². The summed E-state index contributed by atoms with van der Waals surface area (Å²) < 4.78 is 6.52. The molecule has 1 aromatic heterocycles. The van der Waals surface area contributed by atoms with Crippen LogP contribution < -0.4 is 4.90 Å². The summed E-state index contributed by atoms with van der Waals surface area (Å²) in [5.74, 6) is 0. The Hall–Kier alpha value is -8.20. The van der Waals surface area contributed by atoms with E-state index in [0.29, 0.717) is 0 Å². The molecule has 0 bridgehead atoms. The lowest BCUT2D eigenvalue weighted by molar-refractivity contribution is 0.669. The predicted octanol–water partition coefficient (Wildman–Crippen LogP) is 17.1. The number of para-hydroxylation sites is 2. The Morgan fingerprint density at radius 2 is 0.726 bits per heavy atom. The van der Waals surface area contributed by atoms with Crippen LogP contribution in [0.3, 0.4) is 0 Å². The Morgan fingerprint density at radius 1 is 0.274 bits per heavy atom. The van der Waals surface area contributed by atoms with Gasteiger partial charge in [0.15, 0.2) is 0 Å². The van der Waals surface area contributed by atoms with Crippen LogP contribution in [0.15, 0.2) is 253 Å². The monoisotopic (exact) mass is 791 g/mol. The first kappa shape index (κ1) is 36.8. The van der Waals surface area contributed by atoms with Gasteiger partial charge in [0.05, 0.1) is 16.8 Å². The van der Waals surface area contributed by atoms with Gasteiger partial charge in [0.2, 0.25) is 0 Å². The van der Waals surface area contributed by atoms with Crippen LogP contribution in [0, 0.1) is 0 Å². The first-order valence-corrected chi connectivity index (χ1v) is 21.2. The molecule has 0 aliphatic rings. The number of hydrogen-bond donors (Lipinski definition) is 0. The number of benzene rings is 10. The molecule has 0 amide bonds. The summed E-state index contributed by atoms with van der Waals surface area (Å²) >= 11 is 0. The molecule has 0 fully saturated rings. The van der Waals surface area contributed by atoms with Gasteiger partial charge in [0.1, 0.15) is 11.2 Å². The zero-order chi connectivity index (χ0) is 41.2. The lowest BCUT2D eigenvalue weighted by Gasteiger charge is -2.29. The van der Waals surface area contributed by atoms with Crippen LogP contribution in [0.5, 0.6) is 0 Å². The first-order chi connectivity index (χ1) is 30.8. The van der Waals surface area contributed by atoms with Gasteiger partial charge in [-0.15, -0.1) is 0 Å². The number of anilines is 3. The van der Waals surface area contributed by atoms with E-state index in [2.05, 4.69) is 248 Å². The quantitative estimate of drug-likeness (QED) is 0.145. The molecular weight excluding hydrogens is 751 g/mol. The molecule has 62 heavy (non-hydrogen) atoms. The van der Waals surface area contributed by atoms with Gasteiger partial charge in [0, 0.05) is 16.6 Å². The summed E-state index contributed by atoms with van der Waals surface area (Å²) in [6.07, 6.45) is 0. The molecular formula is C60H41NO. The highest BCUT2D eigenvalue weighted by atomic mass is 16.3. The zero-order valence-corrected chi connectivity index (χ0v) is 34.0. The van der Waals surface area contributed by atoms with E-state index in [9.17, 15) is 0 Å². The van der Waals surface area contributed by atoms with Crippen LogP contribution in [0.1, 0.15) is 0 Å². The fourth-order valence-electron chi connectivity index (χ4n) is 9.06. The molecule has 0 saturated carbocycles. The van der Waals surface area contributed by atoms with E-state index in [-0.39, 0.29) is 0 Å². The number of hydrogen-bond acceptors (Lipinski definition) is 2. The molecule has 0 N–H and O–H groups in total. The largest absolute Gasteiger partial charge is 0.456 e. The summed E-state index contributed by atoms with van der Waals surface area (Å²) in [5.41, 5.74) is 19.0. The standard InChI is InChI=1S/C60H41NO/c1-4-19-42(20-5-1)43-37-39-46(40-38-43)50-28-12-14-33-55(50)61(56-34-18-36-58-60(56)54-30-13-15-35-57(54)62-58)48-26-16-25-47(41-48)52-32-17-31-51(45-23-8-3-9-24-45)59(52)53-29-11-10-27-49(53)44-21-6-2-7-22-44/h1-41H. The van der Waals surface area contributed by atoms with Gasteiger partial charge >= 0.3 is 0 Å². The van der Waals surface area contributed by atoms with Crippen molar-refractivity contribution in [2.45, 2.75) is 0 Å². The van der Waals surface area contributed by atoms with Gasteiger partial charge in [-0.3, -0.25) is 0 Å². The molecule has 0 saturated heterocycles. The highest BCUT2D eigenvalue weighted by Gasteiger charge is 2.24. The molecule has 11 rings (SSSR count). The Labute approximate surface area is 362 Å². The number of nitrogens with zero attached hydrogens (tertiary/aromatic N) is 1. The van der Waals surface area contributed by atoms with Crippen molar-refractivity contribution in [1.29, 1.82) is 0 Å². The molecule has 0 aliphatic heterocycles. The maximum atomic E-state index is 6.52. The molecule has 0 atom stereocenters. The van der Waals surface area contributed by atoms with Crippen LogP contribution in [-0.4, -0.2) is 0 Å². The van der Waals surface area contributed by atoms with E-state index in [0.717, 1.165) is 61.3 Å². The first-order valence-electron chi connectivity index (χ1n) is 21.2. The lowest BCUT2D eigenvalue weighted by atomic mass is 9.84. The van der Waals surface area contributed by atoms with Crippen molar-refractivity contribution in [3.63, 3.8) is 0 Å². The van der Waals surface area contributed by atoms with Crippen molar-refractivity contribution in [3.8, 4) is 66.8 Å². The molecule has 10 aromatic carbocycles. The predicted molar refractivity (Wildman–Crippen MR) is 261 cm³/mol. The molecule has 0 unspecified atom stereocenters. The smallest absolute Gasteiger partial charge is 0.137 e. The minimum atomic E-state index is 0.852. The molecule has 292 valence electrons. The topological polar surface area (TPSA) is 16.4 Å².